The lowest BCUT2D eigenvalue weighted by Crippen LogP contribution is -2.45. The molecule has 1 saturated heterocycles. The molecule has 2 heterocycles. The summed E-state index contributed by atoms with van der Waals surface area (Å²) >= 11 is 1.43. The fourth-order valence-corrected chi connectivity index (χ4v) is 4.05. The van der Waals surface area contributed by atoms with E-state index in [2.05, 4.69) is 0 Å². The van der Waals surface area contributed by atoms with Gasteiger partial charge in [0.05, 0.1) is 11.5 Å². The maximum Gasteiger partial charge on any atom is 0.340 e. The molecule has 0 aliphatic carbocycles. The third-order valence-electron chi connectivity index (χ3n) is 4.86. The fourth-order valence-electron chi connectivity index (χ4n) is 3.32. The Morgan fingerprint density at radius 3 is 2.79 bits per heavy atom. The normalized spacial score (nSPS) is 17.1. The van der Waals surface area contributed by atoms with Crippen LogP contribution in [0.25, 0.3) is 11.6 Å². The van der Waals surface area contributed by atoms with Crippen LogP contribution in [-0.4, -0.2) is 42.4 Å². The standard InChI is InChI=1S/C22H24N2O4S/c1-15-5-2-6-16(11-15)12-18(19-8-4-10-29-19)22(27)28-14-20(25)24-9-3-7-17(13-24)21(23)26/h2,4-6,8,10-12,17H,3,7,9,13-14H2,1H3,(H2,23,26)/b18-12+/t17-/m1/s1. The number of likely N-dealkylation sites (tertiary alicyclic amines) is 1. The van der Waals surface area contributed by atoms with Gasteiger partial charge in [-0.15, -0.1) is 11.3 Å². The molecular weight excluding hydrogens is 388 g/mol. The van der Waals surface area contributed by atoms with E-state index in [4.69, 9.17) is 10.5 Å². The average molecular weight is 413 g/mol. The number of amides is 2. The third-order valence-corrected chi connectivity index (χ3v) is 5.77. The second-order valence-electron chi connectivity index (χ2n) is 7.11. The first-order chi connectivity index (χ1) is 13.9. The number of nitrogens with two attached hydrogens (primary N) is 1. The van der Waals surface area contributed by atoms with Crippen molar-refractivity contribution in [3.05, 3.63) is 57.8 Å². The van der Waals surface area contributed by atoms with Gasteiger partial charge in [-0.2, -0.15) is 0 Å². The minimum Gasteiger partial charge on any atom is -0.452 e. The summed E-state index contributed by atoms with van der Waals surface area (Å²) in [4.78, 5) is 38.9. The summed E-state index contributed by atoms with van der Waals surface area (Å²) in [5, 5.41) is 1.88. The van der Waals surface area contributed by atoms with Gasteiger partial charge in [-0.1, -0.05) is 35.9 Å². The molecule has 29 heavy (non-hydrogen) atoms. The quantitative estimate of drug-likeness (QED) is 0.584. The number of aryl methyl sites for hydroxylation is 1. The number of thiophene rings is 1. The summed E-state index contributed by atoms with van der Waals surface area (Å²) in [6.45, 7) is 2.44. The lowest BCUT2D eigenvalue weighted by molar-refractivity contribution is -0.149. The predicted octanol–water partition coefficient (Wildman–Crippen LogP) is 2.86. The van der Waals surface area contributed by atoms with Gasteiger partial charge in [-0.3, -0.25) is 9.59 Å². The van der Waals surface area contributed by atoms with Crippen LogP contribution in [0.3, 0.4) is 0 Å². The summed E-state index contributed by atoms with van der Waals surface area (Å²) in [5.74, 6) is -1.61. The zero-order chi connectivity index (χ0) is 20.8. The smallest absolute Gasteiger partial charge is 0.340 e. The second kappa shape index (κ2) is 9.52. The number of benzene rings is 1. The molecule has 1 aromatic carbocycles. The van der Waals surface area contributed by atoms with Gasteiger partial charge in [0.15, 0.2) is 6.61 Å². The number of carbonyl (C=O) groups excluding carboxylic acids is 3. The van der Waals surface area contributed by atoms with Gasteiger partial charge in [0.2, 0.25) is 5.91 Å². The molecule has 0 bridgehead atoms. The van der Waals surface area contributed by atoms with E-state index >= 15 is 0 Å². The van der Waals surface area contributed by atoms with Gasteiger partial charge in [-0.25, -0.2) is 4.79 Å². The van der Waals surface area contributed by atoms with Crippen LogP contribution in [0.15, 0.2) is 41.8 Å². The Labute approximate surface area is 174 Å². The van der Waals surface area contributed by atoms with Gasteiger partial charge in [0.1, 0.15) is 0 Å². The van der Waals surface area contributed by atoms with Crippen molar-refractivity contribution in [3.8, 4) is 0 Å². The van der Waals surface area contributed by atoms with Gasteiger partial charge < -0.3 is 15.4 Å². The number of hydrogen-bond donors (Lipinski definition) is 1. The first-order valence-corrected chi connectivity index (χ1v) is 10.4. The van der Waals surface area contributed by atoms with Crippen LogP contribution >= 0.6 is 11.3 Å². The maximum absolute atomic E-state index is 12.8. The van der Waals surface area contributed by atoms with Gasteiger partial charge in [0.25, 0.3) is 5.91 Å². The maximum atomic E-state index is 12.8. The van der Waals surface area contributed by atoms with E-state index in [1.54, 1.807) is 11.0 Å². The number of carbonyl (C=O) groups is 3. The minimum absolute atomic E-state index is 0.280. The highest BCUT2D eigenvalue weighted by Gasteiger charge is 2.27. The highest BCUT2D eigenvalue weighted by molar-refractivity contribution is 7.11. The Hall–Kier alpha value is -2.93. The fraction of sp³-hybridized carbons (Fsp3) is 0.318. The van der Waals surface area contributed by atoms with Crippen LogP contribution in [0.4, 0.5) is 0 Å². The first-order valence-electron chi connectivity index (χ1n) is 9.50. The summed E-state index contributed by atoms with van der Waals surface area (Å²) in [6, 6.07) is 11.5. The molecule has 7 heteroatoms. The zero-order valence-electron chi connectivity index (χ0n) is 16.3. The largest absolute Gasteiger partial charge is 0.452 e. The molecule has 6 nitrogen and oxygen atoms in total. The van der Waals surface area contributed by atoms with Crippen molar-refractivity contribution in [1.82, 2.24) is 4.90 Å². The Kier molecular flexibility index (Phi) is 6.82. The Morgan fingerprint density at radius 2 is 2.10 bits per heavy atom. The number of esters is 1. The highest BCUT2D eigenvalue weighted by Crippen LogP contribution is 2.25. The van der Waals surface area contributed by atoms with Crippen molar-refractivity contribution in [2.75, 3.05) is 19.7 Å². The third kappa shape index (κ3) is 5.54. The number of primary amides is 1. The number of ether oxygens (including phenoxy) is 1. The number of hydrogen-bond acceptors (Lipinski definition) is 5. The van der Waals surface area contributed by atoms with E-state index in [1.807, 2.05) is 48.7 Å². The lowest BCUT2D eigenvalue weighted by atomic mass is 9.97. The Morgan fingerprint density at radius 1 is 1.28 bits per heavy atom. The Balaban J connectivity index is 1.69. The van der Waals surface area contributed by atoms with E-state index in [0.717, 1.165) is 16.0 Å². The van der Waals surface area contributed by atoms with E-state index < -0.39 is 11.9 Å². The molecular formula is C22H24N2O4S. The van der Waals surface area contributed by atoms with Crippen molar-refractivity contribution in [2.24, 2.45) is 11.7 Å². The molecule has 3 rings (SSSR count). The molecule has 0 spiro atoms. The second-order valence-corrected chi connectivity index (χ2v) is 8.05. The molecule has 0 unspecified atom stereocenters. The van der Waals surface area contributed by atoms with Crippen LogP contribution in [-0.2, 0) is 19.1 Å². The molecule has 1 aliphatic rings. The molecule has 1 atom stereocenters. The van der Waals surface area contributed by atoms with E-state index in [1.165, 1.54) is 11.3 Å². The highest BCUT2D eigenvalue weighted by atomic mass is 32.1. The molecule has 1 aliphatic heterocycles. The summed E-state index contributed by atoms with van der Waals surface area (Å²) in [7, 11) is 0. The molecule has 2 amide bonds. The van der Waals surface area contributed by atoms with E-state index in [-0.39, 0.29) is 25.0 Å². The van der Waals surface area contributed by atoms with Gasteiger partial charge in [0, 0.05) is 18.0 Å². The summed E-state index contributed by atoms with van der Waals surface area (Å²) in [5.41, 5.74) is 7.74. The van der Waals surface area contributed by atoms with Crippen LogP contribution in [0.5, 0.6) is 0 Å². The summed E-state index contributed by atoms with van der Waals surface area (Å²) in [6.07, 6.45) is 3.16. The zero-order valence-corrected chi connectivity index (χ0v) is 17.1. The Bertz CT molecular complexity index is 921. The van der Waals surface area contributed by atoms with Crippen LogP contribution < -0.4 is 5.73 Å². The first kappa shape index (κ1) is 20.8. The van der Waals surface area contributed by atoms with Crippen molar-refractivity contribution < 1.29 is 19.1 Å². The lowest BCUT2D eigenvalue weighted by Gasteiger charge is -2.31. The van der Waals surface area contributed by atoms with Crippen LogP contribution in [0.1, 0.15) is 28.8 Å². The molecule has 1 aromatic heterocycles. The molecule has 152 valence electrons. The average Bonchev–Trinajstić information content (AvgIpc) is 3.24. The van der Waals surface area contributed by atoms with Gasteiger partial charge in [-0.05, 0) is 42.9 Å². The number of nitrogens with zero attached hydrogens (tertiary/aromatic N) is 1. The van der Waals surface area contributed by atoms with Crippen molar-refractivity contribution in [3.63, 3.8) is 0 Å². The molecule has 0 saturated carbocycles. The summed E-state index contributed by atoms with van der Waals surface area (Å²) < 4.78 is 5.33. The number of rotatable bonds is 6. The molecule has 2 N–H and O–H groups in total. The number of piperidine rings is 1. The van der Waals surface area contributed by atoms with Crippen LogP contribution in [0.2, 0.25) is 0 Å². The van der Waals surface area contributed by atoms with E-state index in [0.29, 0.717) is 25.0 Å². The van der Waals surface area contributed by atoms with Crippen LogP contribution in [0, 0.1) is 12.8 Å². The van der Waals surface area contributed by atoms with Gasteiger partial charge >= 0.3 is 5.97 Å². The van der Waals surface area contributed by atoms with Crippen molar-refractivity contribution in [1.29, 1.82) is 0 Å². The van der Waals surface area contributed by atoms with Crippen molar-refractivity contribution in [2.45, 2.75) is 19.8 Å². The SMILES string of the molecule is Cc1cccc(/C=C(/C(=O)OCC(=O)N2CCC[C@@H](C(N)=O)C2)c2cccs2)c1. The monoisotopic (exact) mass is 412 g/mol. The van der Waals surface area contributed by atoms with Crippen molar-refractivity contribution >= 4 is 40.8 Å². The predicted molar refractivity (Wildman–Crippen MR) is 113 cm³/mol. The topological polar surface area (TPSA) is 89.7 Å². The molecule has 2 aromatic rings. The van der Waals surface area contributed by atoms with E-state index in [9.17, 15) is 14.4 Å². The minimum atomic E-state index is -0.550. The molecule has 1 fully saturated rings. The molecule has 0 radical (unpaired) electrons.